The molecule has 2 heterocycles. The summed E-state index contributed by atoms with van der Waals surface area (Å²) in [7, 11) is 0. The Labute approximate surface area is 120 Å². The van der Waals surface area contributed by atoms with Crippen LogP contribution >= 0.6 is 11.8 Å². The number of hydrogen-bond donors (Lipinski definition) is 0. The smallest absolute Gasteiger partial charge is 0.197 e. The van der Waals surface area contributed by atoms with Gasteiger partial charge in [0.05, 0.1) is 5.69 Å². The highest BCUT2D eigenvalue weighted by molar-refractivity contribution is 7.99. The van der Waals surface area contributed by atoms with Gasteiger partial charge in [-0.2, -0.15) is 5.10 Å². The summed E-state index contributed by atoms with van der Waals surface area (Å²) in [6, 6.07) is 8.11. The number of fused-ring (bicyclic) bond motifs is 1. The first-order valence-electron chi connectivity index (χ1n) is 6.18. The molecule has 20 heavy (non-hydrogen) atoms. The van der Waals surface area contributed by atoms with Crippen LogP contribution in [0.25, 0.3) is 10.8 Å². The molecule has 0 aliphatic rings. The molecule has 0 saturated carbocycles. The molecule has 0 fully saturated rings. The third-order valence-electron chi connectivity index (χ3n) is 2.93. The molecule has 0 atom stereocenters. The molecule has 6 heteroatoms. The van der Waals surface area contributed by atoms with E-state index < -0.39 is 0 Å². The second-order valence-corrected chi connectivity index (χ2v) is 5.25. The largest absolute Gasteiger partial charge is 0.304 e. The SMILES string of the molecule is C=CCn1cnnc1Sc1nnc(C)c2ccccc12. The topological polar surface area (TPSA) is 56.5 Å². The van der Waals surface area contributed by atoms with Crippen molar-refractivity contribution in [3.63, 3.8) is 0 Å². The van der Waals surface area contributed by atoms with Gasteiger partial charge in [-0.25, -0.2) is 0 Å². The van der Waals surface area contributed by atoms with Crippen LogP contribution < -0.4 is 0 Å². The van der Waals surface area contributed by atoms with Gasteiger partial charge in [0.2, 0.25) is 0 Å². The molecular formula is C14H13N5S. The number of benzene rings is 1. The third-order valence-corrected chi connectivity index (χ3v) is 3.93. The van der Waals surface area contributed by atoms with Crippen LogP contribution in [-0.2, 0) is 6.54 Å². The molecular weight excluding hydrogens is 270 g/mol. The lowest BCUT2D eigenvalue weighted by atomic mass is 10.1. The molecule has 5 nitrogen and oxygen atoms in total. The van der Waals surface area contributed by atoms with Gasteiger partial charge in [-0.05, 0) is 18.7 Å². The lowest BCUT2D eigenvalue weighted by Gasteiger charge is -2.06. The molecule has 3 rings (SSSR count). The molecule has 0 radical (unpaired) electrons. The Morgan fingerprint density at radius 2 is 2.00 bits per heavy atom. The average molecular weight is 283 g/mol. The van der Waals surface area contributed by atoms with Crippen LogP contribution in [0.5, 0.6) is 0 Å². The Bertz CT molecular complexity index is 765. The molecule has 1 aromatic carbocycles. The summed E-state index contributed by atoms with van der Waals surface area (Å²) in [6.45, 7) is 6.37. The van der Waals surface area contributed by atoms with E-state index in [0.717, 1.165) is 26.6 Å². The minimum atomic E-state index is 0.673. The first-order valence-corrected chi connectivity index (χ1v) is 7.00. The van der Waals surface area contributed by atoms with Crippen molar-refractivity contribution in [2.45, 2.75) is 23.7 Å². The third kappa shape index (κ3) is 2.30. The fraction of sp³-hybridized carbons (Fsp3) is 0.143. The van der Waals surface area contributed by atoms with Gasteiger partial charge < -0.3 is 4.57 Å². The van der Waals surface area contributed by atoms with E-state index in [1.807, 2.05) is 35.8 Å². The van der Waals surface area contributed by atoms with Crippen LogP contribution in [0.3, 0.4) is 0 Å². The highest BCUT2D eigenvalue weighted by Gasteiger charge is 2.11. The summed E-state index contributed by atoms with van der Waals surface area (Å²) in [5, 5.41) is 20.4. The first kappa shape index (κ1) is 12.8. The Morgan fingerprint density at radius 1 is 1.20 bits per heavy atom. The van der Waals surface area contributed by atoms with E-state index in [0.29, 0.717) is 6.54 Å². The minimum absolute atomic E-state index is 0.673. The normalized spacial score (nSPS) is 10.8. The number of rotatable bonds is 4. The monoisotopic (exact) mass is 283 g/mol. The molecule has 0 N–H and O–H groups in total. The van der Waals surface area contributed by atoms with Crippen molar-refractivity contribution in [2.75, 3.05) is 0 Å². The van der Waals surface area contributed by atoms with Crippen LogP contribution in [0.1, 0.15) is 5.69 Å². The van der Waals surface area contributed by atoms with Crippen molar-refractivity contribution < 1.29 is 0 Å². The number of hydrogen-bond acceptors (Lipinski definition) is 5. The van der Waals surface area contributed by atoms with Crippen molar-refractivity contribution in [2.24, 2.45) is 0 Å². The zero-order valence-electron chi connectivity index (χ0n) is 11.0. The Balaban J connectivity index is 2.05. The van der Waals surface area contributed by atoms with Crippen LogP contribution in [0, 0.1) is 6.92 Å². The van der Waals surface area contributed by atoms with Gasteiger partial charge in [-0.1, -0.05) is 30.3 Å². The number of allylic oxidation sites excluding steroid dienone is 1. The van der Waals surface area contributed by atoms with Gasteiger partial charge in [0.15, 0.2) is 5.16 Å². The van der Waals surface area contributed by atoms with Crippen molar-refractivity contribution in [3.8, 4) is 0 Å². The highest BCUT2D eigenvalue weighted by atomic mass is 32.2. The molecule has 2 aromatic heterocycles. The molecule has 0 spiro atoms. The first-order chi connectivity index (χ1) is 9.79. The van der Waals surface area contributed by atoms with Crippen LogP contribution in [0.2, 0.25) is 0 Å². The zero-order valence-corrected chi connectivity index (χ0v) is 11.8. The van der Waals surface area contributed by atoms with E-state index in [1.54, 1.807) is 6.33 Å². The lowest BCUT2D eigenvalue weighted by molar-refractivity contribution is 0.723. The van der Waals surface area contributed by atoms with Crippen molar-refractivity contribution >= 4 is 22.5 Å². The second kappa shape index (κ2) is 5.42. The maximum Gasteiger partial charge on any atom is 0.197 e. The van der Waals surface area contributed by atoms with Gasteiger partial charge >= 0.3 is 0 Å². The zero-order chi connectivity index (χ0) is 13.9. The van der Waals surface area contributed by atoms with E-state index >= 15 is 0 Å². The average Bonchev–Trinajstić information content (AvgIpc) is 2.90. The second-order valence-electron chi connectivity index (χ2n) is 4.29. The Hall–Kier alpha value is -2.21. The van der Waals surface area contributed by atoms with Crippen molar-refractivity contribution in [1.82, 2.24) is 25.0 Å². The highest BCUT2D eigenvalue weighted by Crippen LogP contribution is 2.30. The summed E-state index contributed by atoms with van der Waals surface area (Å²) < 4.78 is 1.92. The lowest BCUT2D eigenvalue weighted by Crippen LogP contribution is -1.97. The summed E-state index contributed by atoms with van der Waals surface area (Å²) in [5.41, 5.74) is 0.928. The van der Waals surface area contributed by atoms with Crippen LogP contribution in [-0.4, -0.2) is 25.0 Å². The summed E-state index contributed by atoms with van der Waals surface area (Å²) in [6.07, 6.45) is 3.50. The van der Waals surface area contributed by atoms with Gasteiger partial charge in [0.1, 0.15) is 11.4 Å². The van der Waals surface area contributed by atoms with Gasteiger partial charge in [-0.3, -0.25) is 0 Å². The van der Waals surface area contributed by atoms with Gasteiger partial charge in [-0.15, -0.1) is 21.9 Å². The van der Waals surface area contributed by atoms with Crippen molar-refractivity contribution in [3.05, 3.63) is 48.9 Å². The summed E-state index contributed by atoms with van der Waals surface area (Å²) in [4.78, 5) is 0. The van der Waals surface area contributed by atoms with E-state index in [1.165, 1.54) is 11.8 Å². The van der Waals surface area contributed by atoms with E-state index in [-0.39, 0.29) is 0 Å². The number of aromatic nitrogens is 5. The molecule has 3 aromatic rings. The molecule has 0 unspecified atom stereocenters. The molecule has 0 bridgehead atoms. The Kier molecular flexibility index (Phi) is 3.47. The summed E-state index contributed by atoms with van der Waals surface area (Å²) in [5.74, 6) is 0. The standard InChI is InChI=1S/C14H13N5S/c1-3-8-19-9-15-18-14(19)20-13-12-7-5-4-6-11(12)10(2)16-17-13/h3-7,9H,1,8H2,2H3. The van der Waals surface area contributed by atoms with Crippen molar-refractivity contribution in [1.29, 1.82) is 0 Å². The van der Waals surface area contributed by atoms with Gasteiger partial charge in [0, 0.05) is 17.3 Å². The fourth-order valence-corrected chi connectivity index (χ4v) is 2.83. The Morgan fingerprint density at radius 3 is 2.80 bits per heavy atom. The molecule has 0 aliphatic heterocycles. The van der Waals surface area contributed by atoms with E-state index in [9.17, 15) is 0 Å². The molecule has 0 aliphatic carbocycles. The van der Waals surface area contributed by atoms with E-state index in [2.05, 4.69) is 33.0 Å². The minimum Gasteiger partial charge on any atom is -0.304 e. The maximum absolute atomic E-state index is 4.29. The van der Waals surface area contributed by atoms with Gasteiger partial charge in [0.25, 0.3) is 0 Å². The molecule has 0 saturated heterocycles. The van der Waals surface area contributed by atoms with Crippen LogP contribution in [0.15, 0.2) is 53.4 Å². The quantitative estimate of drug-likeness (QED) is 0.689. The molecule has 0 amide bonds. The summed E-state index contributed by atoms with van der Waals surface area (Å²) >= 11 is 1.47. The number of nitrogens with zero attached hydrogens (tertiary/aromatic N) is 5. The van der Waals surface area contributed by atoms with Crippen LogP contribution in [0.4, 0.5) is 0 Å². The predicted octanol–water partition coefficient (Wildman–Crippen LogP) is 2.87. The van der Waals surface area contributed by atoms with E-state index in [4.69, 9.17) is 0 Å². The predicted molar refractivity (Wildman–Crippen MR) is 78.6 cm³/mol. The maximum atomic E-state index is 4.29. The molecule has 100 valence electrons. The fourth-order valence-electron chi connectivity index (χ4n) is 1.96. The number of aryl methyl sites for hydroxylation is 1.